The zero-order chi connectivity index (χ0) is 12.5. The van der Waals surface area contributed by atoms with Crippen LogP contribution in [0.3, 0.4) is 0 Å². The fourth-order valence-electron chi connectivity index (χ4n) is 2.13. The number of carbonyl (C=O) groups is 1. The molecular formula is C13H14F2O2. The van der Waals surface area contributed by atoms with Gasteiger partial charge >= 0.3 is 0 Å². The average molecular weight is 240 g/mol. The smallest absolute Gasteiger partial charge is 0.165 e. The molecule has 0 amide bonds. The van der Waals surface area contributed by atoms with Gasteiger partial charge in [-0.2, -0.15) is 0 Å². The van der Waals surface area contributed by atoms with Crippen LogP contribution >= 0.6 is 0 Å². The van der Waals surface area contributed by atoms with E-state index in [4.69, 9.17) is 4.74 Å². The van der Waals surface area contributed by atoms with Gasteiger partial charge in [0.2, 0.25) is 0 Å². The first-order chi connectivity index (χ1) is 8.04. The van der Waals surface area contributed by atoms with Crippen LogP contribution in [0.5, 0.6) is 0 Å². The maximum atomic E-state index is 13.0. The lowest BCUT2D eigenvalue weighted by Gasteiger charge is -2.40. The molecule has 2 nitrogen and oxygen atoms in total. The number of halogens is 2. The summed E-state index contributed by atoms with van der Waals surface area (Å²) in [7, 11) is 1.57. The van der Waals surface area contributed by atoms with E-state index in [1.165, 1.54) is 0 Å². The molecule has 92 valence electrons. The van der Waals surface area contributed by atoms with Gasteiger partial charge in [0.1, 0.15) is 11.6 Å². The normalized spacial score (nSPS) is 17.6. The van der Waals surface area contributed by atoms with E-state index in [0.29, 0.717) is 0 Å². The molecule has 0 bridgehead atoms. The summed E-state index contributed by atoms with van der Waals surface area (Å²) in [5.74, 6) is -1.73. The van der Waals surface area contributed by atoms with Crippen LogP contribution in [0.2, 0.25) is 0 Å². The van der Waals surface area contributed by atoms with Crippen LogP contribution in [-0.4, -0.2) is 18.5 Å². The van der Waals surface area contributed by atoms with E-state index in [9.17, 15) is 13.6 Å². The third-order valence-electron chi connectivity index (χ3n) is 3.37. The van der Waals surface area contributed by atoms with E-state index in [1.54, 1.807) is 7.11 Å². The first-order valence-electron chi connectivity index (χ1n) is 5.59. The highest BCUT2D eigenvalue weighted by Crippen LogP contribution is 2.38. The first kappa shape index (κ1) is 12.2. The van der Waals surface area contributed by atoms with Crippen molar-refractivity contribution in [1.29, 1.82) is 0 Å². The van der Waals surface area contributed by atoms with Gasteiger partial charge in [0.05, 0.1) is 5.60 Å². The lowest BCUT2D eigenvalue weighted by atomic mass is 9.76. The molecule has 0 heterocycles. The van der Waals surface area contributed by atoms with Crippen molar-refractivity contribution in [3.05, 3.63) is 35.4 Å². The molecule has 2 rings (SSSR count). The molecule has 1 aliphatic rings. The Labute approximate surface area is 98.6 Å². The standard InChI is InChI=1S/C13H14F2O2/c1-17-13(3-2-4-13)8-12(16)9-5-10(14)7-11(15)6-9/h5-7H,2-4,8H2,1H3. The molecule has 0 spiro atoms. The second-order valence-electron chi connectivity index (χ2n) is 4.50. The van der Waals surface area contributed by atoms with Gasteiger partial charge in [0.25, 0.3) is 0 Å². The highest BCUT2D eigenvalue weighted by molar-refractivity contribution is 5.96. The minimum atomic E-state index is -0.728. The number of methoxy groups -OCH3 is 1. The Hall–Kier alpha value is -1.29. The summed E-state index contributed by atoms with van der Waals surface area (Å²) in [6.07, 6.45) is 2.87. The number of ether oxygens (including phenoxy) is 1. The predicted molar refractivity (Wildman–Crippen MR) is 58.9 cm³/mol. The van der Waals surface area contributed by atoms with Gasteiger partial charge in [-0.25, -0.2) is 8.78 Å². The van der Waals surface area contributed by atoms with E-state index in [0.717, 1.165) is 37.5 Å². The number of hydrogen-bond donors (Lipinski definition) is 0. The summed E-state index contributed by atoms with van der Waals surface area (Å²) in [5, 5.41) is 0. The summed E-state index contributed by atoms with van der Waals surface area (Å²) >= 11 is 0. The average Bonchev–Trinajstić information content (AvgIpc) is 2.21. The number of rotatable bonds is 4. The first-order valence-corrected chi connectivity index (χ1v) is 5.59. The molecule has 1 fully saturated rings. The molecule has 1 aromatic carbocycles. The molecule has 0 saturated heterocycles. The number of Topliss-reactive ketones (excluding diaryl/α,β-unsaturated/α-hetero) is 1. The second kappa shape index (κ2) is 4.53. The molecular weight excluding hydrogens is 226 g/mol. The SMILES string of the molecule is COC1(CC(=O)c2cc(F)cc(F)c2)CCC1. The number of ketones is 1. The van der Waals surface area contributed by atoms with E-state index in [1.807, 2.05) is 0 Å². The Bertz CT molecular complexity index is 413. The van der Waals surface area contributed by atoms with Crippen molar-refractivity contribution in [3.63, 3.8) is 0 Å². The summed E-state index contributed by atoms with van der Waals surface area (Å²) in [4.78, 5) is 11.9. The van der Waals surface area contributed by atoms with Crippen molar-refractivity contribution in [2.45, 2.75) is 31.3 Å². The highest BCUT2D eigenvalue weighted by Gasteiger charge is 2.39. The largest absolute Gasteiger partial charge is 0.378 e. The Balaban J connectivity index is 2.14. The van der Waals surface area contributed by atoms with Crippen molar-refractivity contribution < 1.29 is 18.3 Å². The Morgan fingerprint density at radius 2 is 1.88 bits per heavy atom. The van der Waals surface area contributed by atoms with E-state index in [2.05, 4.69) is 0 Å². The minimum absolute atomic E-state index is 0.0748. The van der Waals surface area contributed by atoms with Crippen molar-refractivity contribution in [2.24, 2.45) is 0 Å². The summed E-state index contributed by atoms with van der Waals surface area (Å²) in [6, 6.07) is 2.88. The van der Waals surface area contributed by atoms with Gasteiger partial charge in [-0.3, -0.25) is 4.79 Å². The Morgan fingerprint density at radius 1 is 1.29 bits per heavy atom. The van der Waals surface area contributed by atoms with Crippen LogP contribution in [0.4, 0.5) is 8.78 Å². The van der Waals surface area contributed by atoms with Crippen molar-refractivity contribution in [2.75, 3.05) is 7.11 Å². The fourth-order valence-corrected chi connectivity index (χ4v) is 2.13. The number of hydrogen-bond acceptors (Lipinski definition) is 2. The van der Waals surface area contributed by atoms with Crippen LogP contribution < -0.4 is 0 Å². The molecule has 1 aromatic rings. The van der Waals surface area contributed by atoms with Crippen LogP contribution in [-0.2, 0) is 4.74 Å². The maximum absolute atomic E-state index is 13.0. The van der Waals surface area contributed by atoms with E-state index >= 15 is 0 Å². The third kappa shape index (κ3) is 2.52. The Morgan fingerprint density at radius 3 is 2.29 bits per heavy atom. The molecule has 0 aromatic heterocycles. The molecule has 0 unspecified atom stereocenters. The minimum Gasteiger partial charge on any atom is -0.378 e. The molecule has 1 aliphatic carbocycles. The molecule has 0 aliphatic heterocycles. The molecule has 0 N–H and O–H groups in total. The van der Waals surface area contributed by atoms with Gasteiger partial charge in [0, 0.05) is 25.2 Å². The van der Waals surface area contributed by atoms with Gasteiger partial charge in [0.15, 0.2) is 5.78 Å². The molecule has 4 heteroatoms. The van der Waals surface area contributed by atoms with Gasteiger partial charge in [-0.05, 0) is 31.4 Å². The monoisotopic (exact) mass is 240 g/mol. The quantitative estimate of drug-likeness (QED) is 0.756. The fraction of sp³-hybridized carbons (Fsp3) is 0.462. The van der Waals surface area contributed by atoms with Crippen LogP contribution in [0, 0.1) is 11.6 Å². The summed E-state index contributed by atoms with van der Waals surface area (Å²) in [5.41, 5.74) is -0.342. The van der Waals surface area contributed by atoms with Gasteiger partial charge in [-0.1, -0.05) is 0 Å². The van der Waals surface area contributed by atoms with Crippen LogP contribution in [0.1, 0.15) is 36.0 Å². The van der Waals surface area contributed by atoms with Crippen molar-refractivity contribution in [1.82, 2.24) is 0 Å². The predicted octanol–water partition coefficient (Wildman–Crippen LogP) is 3.11. The molecule has 0 radical (unpaired) electrons. The van der Waals surface area contributed by atoms with Crippen LogP contribution in [0.15, 0.2) is 18.2 Å². The van der Waals surface area contributed by atoms with E-state index in [-0.39, 0.29) is 17.8 Å². The zero-order valence-corrected chi connectivity index (χ0v) is 9.63. The van der Waals surface area contributed by atoms with Gasteiger partial charge in [-0.15, -0.1) is 0 Å². The maximum Gasteiger partial charge on any atom is 0.165 e. The van der Waals surface area contributed by atoms with Crippen molar-refractivity contribution in [3.8, 4) is 0 Å². The topological polar surface area (TPSA) is 26.3 Å². The molecule has 1 saturated carbocycles. The third-order valence-corrected chi connectivity index (χ3v) is 3.37. The summed E-state index contributed by atoms with van der Waals surface area (Å²) < 4.78 is 31.3. The Kier molecular flexibility index (Phi) is 3.24. The van der Waals surface area contributed by atoms with E-state index < -0.39 is 17.2 Å². The number of benzene rings is 1. The lowest BCUT2D eigenvalue weighted by molar-refractivity contribution is -0.0704. The molecule has 17 heavy (non-hydrogen) atoms. The second-order valence-corrected chi connectivity index (χ2v) is 4.50. The molecule has 0 atom stereocenters. The van der Waals surface area contributed by atoms with Crippen LogP contribution in [0.25, 0.3) is 0 Å². The zero-order valence-electron chi connectivity index (χ0n) is 9.63. The van der Waals surface area contributed by atoms with Gasteiger partial charge < -0.3 is 4.74 Å². The number of carbonyl (C=O) groups excluding carboxylic acids is 1. The van der Waals surface area contributed by atoms with Crippen molar-refractivity contribution >= 4 is 5.78 Å². The summed E-state index contributed by atoms with van der Waals surface area (Å²) in [6.45, 7) is 0. The lowest BCUT2D eigenvalue weighted by Crippen LogP contribution is -2.41. The highest BCUT2D eigenvalue weighted by atomic mass is 19.1.